The lowest BCUT2D eigenvalue weighted by Crippen LogP contribution is -2.44. The number of benzene rings is 2. The van der Waals surface area contributed by atoms with Gasteiger partial charge in [0, 0.05) is 35.1 Å². The third-order valence-corrected chi connectivity index (χ3v) is 10.3. The zero-order valence-electron chi connectivity index (χ0n) is 28.4. The SMILES string of the molecule is C[SiH2]OC(O[SiH2]C)C(C)CCCOc1ccc(C2=C(C(=O)N(Cc3ccccc3Br)C3CC3)CN(C(=O)OC(C)(C)C)CC2)cc1. The number of hydrogen-bond donors (Lipinski definition) is 0. The van der Waals surface area contributed by atoms with Gasteiger partial charge >= 0.3 is 6.09 Å². The largest absolute Gasteiger partial charge is 0.494 e. The summed E-state index contributed by atoms with van der Waals surface area (Å²) in [5.41, 5.74) is 3.07. The minimum absolute atomic E-state index is 0.0151. The number of rotatable bonds is 15. The van der Waals surface area contributed by atoms with Gasteiger partial charge < -0.3 is 28.1 Å². The molecule has 4 rings (SSSR count). The third-order valence-electron chi connectivity index (χ3n) is 8.20. The standard InChI is InChI=1S/C35H51BrN2O6Si2/c1-24(33(43-45-5)44-46-6)10-9-21-41-28-17-13-25(14-18-28)29-19-20-37(34(40)42-35(2,3)4)23-30(29)32(39)38(27-15-16-27)22-26-11-7-8-12-31(26)36/h7-8,11-14,17-18,24,27,33H,9-10,15-16,19-23,45-46H2,1-6H3. The fraction of sp³-hybridized carbons (Fsp3) is 0.543. The summed E-state index contributed by atoms with van der Waals surface area (Å²) in [4.78, 5) is 31.2. The molecule has 1 saturated carbocycles. The molecule has 0 N–H and O–H groups in total. The van der Waals surface area contributed by atoms with Crippen LogP contribution in [-0.2, 0) is 24.9 Å². The Morgan fingerprint density at radius 1 is 1.04 bits per heavy atom. The highest BCUT2D eigenvalue weighted by molar-refractivity contribution is 9.10. The normalized spacial score (nSPS) is 17.2. The van der Waals surface area contributed by atoms with Crippen molar-refractivity contribution in [3.63, 3.8) is 0 Å². The molecule has 0 saturated heterocycles. The van der Waals surface area contributed by atoms with Gasteiger partial charge in [0.05, 0.1) is 13.2 Å². The van der Waals surface area contributed by atoms with Gasteiger partial charge in [-0.05, 0) is 87.8 Å². The molecule has 1 unspecified atom stereocenters. The number of halogens is 1. The van der Waals surface area contributed by atoms with Crippen LogP contribution in [0.1, 0.15) is 70.9 Å². The van der Waals surface area contributed by atoms with Crippen molar-refractivity contribution in [2.24, 2.45) is 5.92 Å². The fourth-order valence-corrected chi connectivity index (χ4v) is 7.80. The summed E-state index contributed by atoms with van der Waals surface area (Å²) in [6.45, 7) is 13.9. The van der Waals surface area contributed by atoms with Crippen LogP contribution in [0.25, 0.3) is 5.57 Å². The van der Waals surface area contributed by atoms with E-state index in [4.69, 9.17) is 18.3 Å². The molecule has 252 valence electrons. The number of nitrogens with zero attached hydrogens (tertiary/aromatic N) is 2. The van der Waals surface area contributed by atoms with Crippen LogP contribution in [0, 0.1) is 5.92 Å². The van der Waals surface area contributed by atoms with E-state index in [-0.39, 0.29) is 24.8 Å². The highest BCUT2D eigenvalue weighted by Gasteiger charge is 2.38. The molecule has 2 aromatic rings. The van der Waals surface area contributed by atoms with Crippen LogP contribution in [0.15, 0.2) is 58.6 Å². The Hall–Kier alpha value is -2.45. The van der Waals surface area contributed by atoms with Gasteiger partial charge in [-0.3, -0.25) is 4.79 Å². The first kappa shape index (κ1) is 36.4. The average Bonchev–Trinajstić information content (AvgIpc) is 3.87. The molecule has 1 atom stereocenters. The molecule has 2 aliphatic rings. The van der Waals surface area contributed by atoms with Crippen LogP contribution < -0.4 is 4.74 Å². The molecule has 46 heavy (non-hydrogen) atoms. The molecular formula is C35H51BrN2O6Si2. The van der Waals surface area contributed by atoms with E-state index in [1.54, 1.807) is 4.90 Å². The highest BCUT2D eigenvalue weighted by atomic mass is 79.9. The molecule has 1 aliphatic heterocycles. The highest BCUT2D eigenvalue weighted by Crippen LogP contribution is 2.35. The summed E-state index contributed by atoms with van der Waals surface area (Å²) in [7, 11) is -1.03. The topological polar surface area (TPSA) is 77.5 Å². The average molecular weight is 732 g/mol. The molecule has 1 aliphatic carbocycles. The second-order valence-corrected chi connectivity index (χ2v) is 15.8. The lowest BCUT2D eigenvalue weighted by molar-refractivity contribution is -0.128. The molecule has 0 bridgehead atoms. The molecule has 2 aromatic carbocycles. The van der Waals surface area contributed by atoms with Gasteiger partial charge in [0.15, 0.2) is 19.5 Å². The van der Waals surface area contributed by atoms with Gasteiger partial charge in [-0.15, -0.1) is 0 Å². The molecule has 8 nitrogen and oxygen atoms in total. The maximum Gasteiger partial charge on any atom is 0.410 e. The van der Waals surface area contributed by atoms with E-state index in [2.05, 4.69) is 42.0 Å². The van der Waals surface area contributed by atoms with Crippen LogP contribution >= 0.6 is 15.9 Å². The Balaban J connectivity index is 1.50. The predicted molar refractivity (Wildman–Crippen MR) is 192 cm³/mol. The quantitative estimate of drug-likeness (QED) is 0.119. The van der Waals surface area contributed by atoms with Gasteiger partial charge in [-0.2, -0.15) is 0 Å². The third kappa shape index (κ3) is 10.5. The second kappa shape index (κ2) is 17.1. The lowest BCUT2D eigenvalue weighted by atomic mass is 9.92. The van der Waals surface area contributed by atoms with E-state index in [0.717, 1.165) is 52.6 Å². The van der Waals surface area contributed by atoms with Gasteiger partial charge in [0.2, 0.25) is 0 Å². The molecular weight excluding hydrogens is 680 g/mol. The summed E-state index contributed by atoms with van der Waals surface area (Å²) < 4.78 is 24.6. The minimum Gasteiger partial charge on any atom is -0.494 e. The van der Waals surface area contributed by atoms with Crippen molar-refractivity contribution >= 4 is 53.0 Å². The van der Waals surface area contributed by atoms with Gasteiger partial charge in [0.25, 0.3) is 5.91 Å². The van der Waals surface area contributed by atoms with Crippen molar-refractivity contribution in [1.29, 1.82) is 0 Å². The second-order valence-electron chi connectivity index (χ2n) is 13.1. The van der Waals surface area contributed by atoms with E-state index in [1.165, 1.54) is 0 Å². The summed E-state index contributed by atoms with van der Waals surface area (Å²) >= 11 is 3.66. The van der Waals surface area contributed by atoms with Crippen LogP contribution in [0.4, 0.5) is 4.79 Å². The first-order valence-electron chi connectivity index (χ1n) is 16.7. The smallest absolute Gasteiger partial charge is 0.410 e. The van der Waals surface area contributed by atoms with Crippen molar-refractivity contribution in [1.82, 2.24) is 9.80 Å². The molecule has 0 spiro atoms. The van der Waals surface area contributed by atoms with Crippen molar-refractivity contribution in [2.45, 2.75) is 97.4 Å². The van der Waals surface area contributed by atoms with Crippen LogP contribution in [0.3, 0.4) is 0 Å². The first-order chi connectivity index (χ1) is 22.0. The summed E-state index contributed by atoms with van der Waals surface area (Å²) in [6, 6.07) is 16.3. The molecule has 1 fully saturated rings. The maximum absolute atomic E-state index is 14.4. The number of amides is 2. The summed E-state index contributed by atoms with van der Waals surface area (Å²) in [6.07, 6.45) is 3.98. The summed E-state index contributed by atoms with van der Waals surface area (Å²) in [5.74, 6) is 1.13. The van der Waals surface area contributed by atoms with Crippen molar-refractivity contribution in [3.05, 3.63) is 69.7 Å². The van der Waals surface area contributed by atoms with Gasteiger partial charge in [-0.1, -0.05) is 66.3 Å². The lowest BCUT2D eigenvalue weighted by Gasteiger charge is -2.34. The monoisotopic (exact) mass is 730 g/mol. The van der Waals surface area contributed by atoms with Crippen LogP contribution in [0.2, 0.25) is 13.1 Å². The number of carbonyl (C=O) groups is 2. The molecule has 0 radical (unpaired) electrons. The van der Waals surface area contributed by atoms with E-state index in [9.17, 15) is 9.59 Å². The van der Waals surface area contributed by atoms with Gasteiger partial charge in [0.1, 0.15) is 17.6 Å². The maximum atomic E-state index is 14.4. The first-order valence-corrected chi connectivity index (χ1v) is 21.5. The predicted octanol–water partition coefficient (Wildman–Crippen LogP) is 6.45. The van der Waals surface area contributed by atoms with Gasteiger partial charge in [-0.25, -0.2) is 4.79 Å². The number of hydrogen-bond acceptors (Lipinski definition) is 6. The minimum atomic E-state index is -0.615. The van der Waals surface area contributed by atoms with Crippen molar-refractivity contribution < 1.29 is 27.9 Å². The van der Waals surface area contributed by atoms with E-state index in [1.807, 2.05) is 68.1 Å². The van der Waals surface area contributed by atoms with Crippen molar-refractivity contribution in [3.8, 4) is 5.75 Å². The molecule has 0 aromatic heterocycles. The summed E-state index contributed by atoms with van der Waals surface area (Å²) in [5, 5.41) is 0. The zero-order chi connectivity index (χ0) is 33.3. The zero-order valence-corrected chi connectivity index (χ0v) is 32.8. The number of carbonyl (C=O) groups excluding carboxylic acids is 2. The Morgan fingerprint density at radius 2 is 1.72 bits per heavy atom. The van der Waals surface area contributed by atoms with Crippen LogP contribution in [0.5, 0.6) is 5.75 Å². The Labute approximate surface area is 288 Å². The van der Waals surface area contributed by atoms with Crippen LogP contribution in [-0.4, -0.2) is 79.0 Å². The molecule has 2 amide bonds. The van der Waals surface area contributed by atoms with E-state index < -0.39 is 31.2 Å². The van der Waals surface area contributed by atoms with Crippen molar-refractivity contribution in [2.75, 3.05) is 19.7 Å². The number of ether oxygens (including phenoxy) is 2. The Bertz CT molecular complexity index is 1340. The Kier molecular flexibility index (Phi) is 13.5. The fourth-order valence-electron chi connectivity index (χ4n) is 5.69. The Morgan fingerprint density at radius 3 is 2.33 bits per heavy atom. The molecule has 11 heteroatoms. The molecule has 1 heterocycles. The van der Waals surface area contributed by atoms with E-state index >= 15 is 0 Å². The van der Waals surface area contributed by atoms with E-state index in [0.29, 0.717) is 37.6 Å².